The van der Waals surface area contributed by atoms with E-state index >= 15 is 0 Å². The van der Waals surface area contributed by atoms with Gasteiger partial charge in [0.25, 0.3) is 0 Å². The van der Waals surface area contributed by atoms with Crippen molar-refractivity contribution < 1.29 is 99.6 Å². The van der Waals surface area contributed by atoms with Crippen molar-refractivity contribution in [2.45, 2.75) is 122 Å². The average Bonchev–Trinajstić information content (AvgIpc) is 1.61. The zero-order chi connectivity index (χ0) is 99.0. The van der Waals surface area contributed by atoms with E-state index in [-0.39, 0.29) is 111 Å². The van der Waals surface area contributed by atoms with Crippen molar-refractivity contribution in [3.05, 3.63) is 313 Å². The number of carbonyl (C=O) groups excluding carboxylic acids is 4. The number of H-pyrrole nitrogens is 6. The number of fused-ring (bicyclic) bond motifs is 6. The normalized spacial score (nSPS) is 11.5. The number of hydrogen-bond donors (Lipinski definition) is 18. The van der Waals surface area contributed by atoms with Crippen LogP contribution in [0.4, 0.5) is 0 Å². The lowest BCUT2D eigenvalue weighted by Crippen LogP contribution is -1.98. The minimum absolute atomic E-state index is 0.00728. The van der Waals surface area contributed by atoms with Gasteiger partial charge < -0.3 is 91.2 Å². The molecule has 718 valence electrons. The Morgan fingerprint density at radius 2 is 0.607 bits per heavy atom. The van der Waals surface area contributed by atoms with Crippen LogP contribution in [0.25, 0.3) is 110 Å². The molecule has 0 aliphatic carbocycles. The summed E-state index contributed by atoms with van der Waals surface area (Å²) in [6.45, 7) is 2.49. The molecule has 0 bridgehead atoms. The molecule has 26 nitrogen and oxygen atoms in total. The molecule has 10 aromatic heterocycles. The van der Waals surface area contributed by atoms with E-state index in [4.69, 9.17) is 15.3 Å². The van der Waals surface area contributed by atoms with E-state index in [0.29, 0.717) is 56.3 Å². The summed E-state index contributed by atoms with van der Waals surface area (Å²) >= 11 is 6.59. The van der Waals surface area contributed by atoms with Crippen LogP contribution in [0, 0.1) is 0 Å². The van der Waals surface area contributed by atoms with Gasteiger partial charge in [-0.3, -0.25) is 19.2 Å². The monoisotopic (exact) mass is 2020 g/mol. The smallest absolute Gasteiger partial charge is 0.346 e. The topological polar surface area (TPSA) is 474 Å². The van der Waals surface area contributed by atoms with Crippen LogP contribution in [0.3, 0.4) is 0 Å². The van der Waals surface area contributed by atoms with Crippen LogP contribution < -0.4 is 0 Å². The van der Waals surface area contributed by atoms with Crippen LogP contribution in [0.5, 0.6) is 23.0 Å². The molecule has 0 spiro atoms. The van der Waals surface area contributed by atoms with E-state index in [1.807, 2.05) is 128 Å². The second-order valence-electron chi connectivity index (χ2n) is 33.8. The SMILES string of the molecule is C/C(=C\Cc1cccc2c(C(=O)c3sc(C(=O)O)c(-c4c[nH]c5ccc(Br)cc45)c3O)c[nH]c12)CO.O=C(O)c1sc(C(=O)c2c[nH]c3c(CCCCCCCO)cccc23)c(O)c1-c1c[nH]c2ccccc12.O=C(O)c1sc(C(=O)c2c[nH]c3c(CCCCCCCO)cccc23)c(O)c1-c1ccccc1.O=C(O)c1sc(C(=O)c2c[nH]c3c(CCCCCCO)cccc23)c(O)c1-c1ccccc1. The number of carboxylic acid groups (broad SMARTS) is 4. The Morgan fingerprint density at radius 3 is 0.964 bits per heavy atom. The highest BCUT2D eigenvalue weighted by molar-refractivity contribution is 9.10. The van der Waals surface area contributed by atoms with Crippen molar-refractivity contribution in [3.8, 4) is 67.5 Å². The van der Waals surface area contributed by atoms with Gasteiger partial charge in [-0.25, -0.2) is 19.2 Å². The first-order valence-electron chi connectivity index (χ1n) is 45.8. The Labute approximate surface area is 826 Å². The molecule has 0 amide bonds. The van der Waals surface area contributed by atoms with Gasteiger partial charge in [-0.1, -0.05) is 231 Å². The molecule has 0 aliphatic heterocycles. The molecule has 0 atom stereocenters. The van der Waals surface area contributed by atoms with Gasteiger partial charge in [-0.05, 0) is 129 Å². The number of benzene rings is 8. The number of ketones is 4. The van der Waals surface area contributed by atoms with Gasteiger partial charge in [0.1, 0.15) is 62.0 Å². The number of allylic oxidation sites excluding steroid dienone is 1. The molecule has 0 saturated heterocycles. The van der Waals surface area contributed by atoms with Crippen molar-refractivity contribution in [1.82, 2.24) is 29.9 Å². The number of carboxylic acids is 4. The third kappa shape index (κ3) is 21.6. The number of rotatable bonds is 39. The number of aromatic amines is 6. The number of aromatic hydroxyl groups is 4. The Morgan fingerprint density at radius 1 is 0.307 bits per heavy atom. The molecule has 31 heteroatoms. The fourth-order valence-corrected chi connectivity index (χ4v) is 22.1. The highest BCUT2D eigenvalue weighted by Crippen LogP contribution is 2.51. The van der Waals surface area contributed by atoms with Gasteiger partial charge in [0.15, 0.2) is 0 Å². The number of thiophene rings is 4. The number of unbranched alkanes of at least 4 members (excludes halogenated alkanes) is 11. The summed E-state index contributed by atoms with van der Waals surface area (Å²) in [6.07, 6.45) is 28.7. The Bertz CT molecular complexity index is 7660. The first-order chi connectivity index (χ1) is 67.9. The largest absolute Gasteiger partial charge is 0.506 e. The number of aryl methyl sites for hydroxylation is 3. The fourth-order valence-electron chi connectivity index (χ4n) is 17.7. The lowest BCUT2D eigenvalue weighted by atomic mass is 10.00. The number of aliphatic hydroxyl groups is 4. The highest BCUT2D eigenvalue weighted by atomic mass is 79.9. The second kappa shape index (κ2) is 45.9. The molecule has 18 N–H and O–H groups in total. The summed E-state index contributed by atoms with van der Waals surface area (Å²) in [4.78, 5) is 121. The summed E-state index contributed by atoms with van der Waals surface area (Å²) in [5.74, 6) is -7.74. The van der Waals surface area contributed by atoms with Crippen LogP contribution in [0.1, 0.15) is 219 Å². The number of aliphatic hydroxyl groups excluding tert-OH is 4. The second-order valence-corrected chi connectivity index (χ2v) is 38.8. The molecule has 8 aromatic carbocycles. The van der Waals surface area contributed by atoms with Crippen LogP contribution in [0.2, 0.25) is 0 Å². The quantitative estimate of drug-likeness (QED) is 0.00966. The maximum Gasteiger partial charge on any atom is 0.346 e. The number of carbonyl (C=O) groups is 8. The molecule has 0 fully saturated rings. The summed E-state index contributed by atoms with van der Waals surface area (Å²) in [5, 5.41) is 124. The molecular weight excluding hydrogens is 1920 g/mol. The third-order valence-electron chi connectivity index (χ3n) is 24.7. The predicted molar refractivity (Wildman–Crippen MR) is 553 cm³/mol. The molecule has 0 aliphatic rings. The van der Waals surface area contributed by atoms with E-state index in [2.05, 4.69) is 45.8 Å². The number of para-hydroxylation sites is 5. The first kappa shape index (κ1) is 100. The van der Waals surface area contributed by atoms with Crippen LogP contribution >= 0.6 is 61.3 Å². The Hall–Kier alpha value is -14.4. The first-order valence-corrected chi connectivity index (χ1v) is 49.9. The molecule has 10 heterocycles. The maximum absolute atomic E-state index is 13.6. The number of nitrogens with one attached hydrogen (secondary N) is 6. The van der Waals surface area contributed by atoms with E-state index in [1.54, 1.807) is 97.8 Å². The Balaban J connectivity index is 0.000000141. The van der Waals surface area contributed by atoms with Crippen molar-refractivity contribution in [1.29, 1.82) is 0 Å². The van der Waals surface area contributed by atoms with Crippen molar-refractivity contribution in [3.63, 3.8) is 0 Å². The minimum atomic E-state index is -1.22. The zero-order valence-electron chi connectivity index (χ0n) is 76.0. The summed E-state index contributed by atoms with van der Waals surface area (Å²) in [5.41, 5.74) is 14.4. The van der Waals surface area contributed by atoms with Crippen LogP contribution in [-0.2, 0) is 25.7 Å². The van der Waals surface area contributed by atoms with Crippen molar-refractivity contribution in [2.75, 3.05) is 26.4 Å². The highest BCUT2D eigenvalue weighted by Gasteiger charge is 2.36. The molecule has 18 aromatic rings. The van der Waals surface area contributed by atoms with Gasteiger partial charge in [0.2, 0.25) is 23.1 Å². The lowest BCUT2D eigenvalue weighted by Gasteiger charge is -2.05. The third-order valence-corrected chi connectivity index (χ3v) is 29.9. The van der Waals surface area contributed by atoms with E-state index in [1.165, 1.54) is 0 Å². The summed E-state index contributed by atoms with van der Waals surface area (Å²) in [6, 6.07) is 53.5. The molecule has 140 heavy (non-hydrogen) atoms. The van der Waals surface area contributed by atoms with Gasteiger partial charge >= 0.3 is 23.9 Å². The van der Waals surface area contributed by atoms with Crippen LogP contribution in [-0.4, -0.2) is 165 Å². The summed E-state index contributed by atoms with van der Waals surface area (Å²) < 4.78 is 0.803. The molecule has 18 rings (SSSR count). The zero-order valence-corrected chi connectivity index (χ0v) is 80.8. The molecule has 0 unspecified atom stereocenters. The number of hydrogen-bond acceptors (Lipinski definition) is 20. The predicted octanol–water partition coefficient (Wildman–Crippen LogP) is 24.4. The van der Waals surface area contributed by atoms with Crippen molar-refractivity contribution >= 4 is 174 Å². The van der Waals surface area contributed by atoms with Gasteiger partial charge in [0.05, 0.1) is 17.7 Å². The molecule has 0 radical (unpaired) electrons. The van der Waals surface area contributed by atoms with Gasteiger partial charge in [0, 0.05) is 171 Å². The fraction of sp³-hybridized carbons (Fsp3) is 0.211. The van der Waals surface area contributed by atoms with E-state index in [9.17, 15) is 84.3 Å². The molecule has 0 saturated carbocycles. The standard InChI is InChI=1S/C29H28N2O5S.C27H21BrN2O5S.C27H27NO5S.C26H25NO5S/c32-14-7-3-1-2-4-9-17-10-8-12-19-21(16-31-24(17)19)25(33)28-26(34)23(27(37-28)29(35)36)20-15-30-22-13-6-5-11-18(20)22;1-13(12-31)5-6-14-3-2-4-16-19(11-30-22(14)16)23(32)26-24(33)21(25(36-26)27(34)35)18-10-29-20-8-7-15(28)9-17(18)20;29-15-8-3-1-2-5-12-18-13-9-14-19-20(16-28-22(18)19)23(30)26-24(31)21(25(34-26)27(32)33)17-10-6-4-7-11-17;28-14-7-2-1-4-11-17-12-8-13-18-19(15-27-21(17)18)22(29)25-23(30)20(24(33-25)26(31)32)16-9-5-3-6-10-16/h5-6,8,10-13,15-16,30-32,34H,1-4,7,9,14H2,(H,35,36);2-5,7-11,29-31,33H,6,12H2,1H3,(H,34,35);4,6-7,9-11,13-14,16,28-29,31H,1-3,5,8,12,15H2,(H,32,33);3,5-6,8-10,12-13,15,27-28,30H,1-2,4,7,11,14H2,(H,31,32)/b;13-5+;;. The van der Waals surface area contributed by atoms with Gasteiger partial charge in [-0.2, -0.15) is 0 Å². The lowest BCUT2D eigenvalue weighted by molar-refractivity contribution is 0.0691. The number of aromatic nitrogens is 6. The number of aromatic carboxylic acids is 4. The minimum Gasteiger partial charge on any atom is -0.506 e. The maximum atomic E-state index is 13.6. The summed E-state index contributed by atoms with van der Waals surface area (Å²) in [7, 11) is 0. The van der Waals surface area contributed by atoms with Crippen molar-refractivity contribution in [2.24, 2.45) is 0 Å². The van der Waals surface area contributed by atoms with E-state index < -0.39 is 47.0 Å². The average molecular weight is 2020 g/mol. The van der Waals surface area contributed by atoms with Gasteiger partial charge in [-0.15, -0.1) is 45.3 Å². The van der Waals surface area contributed by atoms with Crippen LogP contribution in [0.15, 0.2) is 229 Å². The molecular formula is C109H101BrN6O20S4. The van der Waals surface area contributed by atoms with E-state index in [0.717, 1.165) is 247 Å². The number of halogens is 1. The Kier molecular flexibility index (Phi) is 32.8.